The van der Waals surface area contributed by atoms with E-state index in [0.717, 1.165) is 0 Å². The molecule has 0 N–H and O–H groups in total. The Balaban J connectivity index is 0. The fourth-order valence-corrected chi connectivity index (χ4v) is 0. The minimum atomic E-state index is 0. The van der Waals surface area contributed by atoms with E-state index in [2.05, 4.69) is 0 Å². The summed E-state index contributed by atoms with van der Waals surface area (Å²) in [5.41, 5.74) is 0. The molecule has 0 atom stereocenters. The normalized spacial score (nSPS) is 0. The van der Waals surface area contributed by atoms with Crippen molar-refractivity contribution >= 4 is 8.41 Å². The quantitative estimate of drug-likeness (QED) is 0.522. The van der Waals surface area contributed by atoms with E-state index in [4.69, 9.17) is 0 Å². The summed E-state index contributed by atoms with van der Waals surface area (Å²) in [6, 6.07) is 0. The van der Waals surface area contributed by atoms with Gasteiger partial charge in [0.1, 0.15) is 0 Å². The predicted octanol–water partition coefficient (Wildman–Crippen LogP) is 0.253. The van der Waals surface area contributed by atoms with Crippen LogP contribution in [0.5, 0.6) is 0 Å². The molecule has 0 rings (SSSR count). The Morgan fingerprint density at radius 1 is 1.00 bits per heavy atom. The molecule has 0 amide bonds. The fourth-order valence-electron chi connectivity index (χ4n) is 0. The SMILES string of the molecule is C.[B].[Dy].[Fe].[Nd]. The first-order valence-electron chi connectivity index (χ1n) is 0. The topological polar surface area (TPSA) is 0 Å². The minimum absolute atomic E-state index is 0. The van der Waals surface area contributed by atoms with Gasteiger partial charge < -0.3 is 0 Å². The van der Waals surface area contributed by atoms with Crippen molar-refractivity contribution in [2.24, 2.45) is 0 Å². The molecule has 3 radical (unpaired) electrons. The predicted molar refractivity (Wildman–Crippen MR) is 12.5 cm³/mol. The van der Waals surface area contributed by atoms with E-state index in [-0.39, 0.29) is 112 Å². The Bertz CT molecular complexity index is 11.6. The molecular weight excluding hydrogens is 385 g/mol. The van der Waals surface area contributed by atoms with E-state index in [0.29, 0.717) is 0 Å². The van der Waals surface area contributed by atoms with Crippen molar-refractivity contribution in [3.63, 3.8) is 0 Å². The van der Waals surface area contributed by atoms with Gasteiger partial charge in [-0.05, 0) is 0 Å². The zero-order chi connectivity index (χ0) is 0. The summed E-state index contributed by atoms with van der Waals surface area (Å²) in [5.74, 6) is 0. The summed E-state index contributed by atoms with van der Waals surface area (Å²) in [7, 11) is 0. The fraction of sp³-hybridized carbons (Fsp3) is 1.00. The second kappa shape index (κ2) is 27.0. The summed E-state index contributed by atoms with van der Waals surface area (Å²) in [6.45, 7) is 0. The first-order valence-corrected chi connectivity index (χ1v) is 0. The van der Waals surface area contributed by atoms with Crippen LogP contribution in [0.15, 0.2) is 0 Å². The molecule has 4 heteroatoms. The standard InChI is InChI=1S/CH4.B.Dy.Fe.Nd/h1H4;;;;. The molecule has 0 aromatic carbocycles. The average molecular weight is 389 g/mol. The van der Waals surface area contributed by atoms with Crippen molar-refractivity contribution in [3.8, 4) is 0 Å². The monoisotopic (exact) mass is 389 g/mol. The van der Waals surface area contributed by atoms with Crippen molar-refractivity contribution in [1.82, 2.24) is 0 Å². The van der Waals surface area contributed by atoms with Gasteiger partial charge >= 0.3 is 0 Å². The van der Waals surface area contributed by atoms with E-state index in [1.807, 2.05) is 0 Å². The van der Waals surface area contributed by atoms with Gasteiger partial charge in [0.15, 0.2) is 0 Å². The van der Waals surface area contributed by atoms with Crippen LogP contribution < -0.4 is 0 Å². The molecule has 0 saturated carbocycles. The van der Waals surface area contributed by atoms with Gasteiger partial charge in [-0.25, -0.2) is 0 Å². The molecule has 0 aromatic heterocycles. The van der Waals surface area contributed by atoms with Crippen molar-refractivity contribution in [3.05, 3.63) is 0 Å². The molecule has 5 heavy (non-hydrogen) atoms. The minimum Gasteiger partial charge on any atom is -0.0776 e. The Labute approximate surface area is 109 Å². The van der Waals surface area contributed by atoms with Crippen molar-refractivity contribution < 1.29 is 96.1 Å². The van der Waals surface area contributed by atoms with Gasteiger partial charge in [0.05, 0.1) is 0 Å². The van der Waals surface area contributed by atoms with Crippen LogP contribution in [0, 0.1) is 79.0 Å². The molecule has 0 aliphatic carbocycles. The summed E-state index contributed by atoms with van der Waals surface area (Å²) in [4.78, 5) is 0. The van der Waals surface area contributed by atoms with Crippen LogP contribution in [0.1, 0.15) is 7.43 Å². The van der Waals surface area contributed by atoms with Gasteiger partial charge in [-0.3, -0.25) is 0 Å². The van der Waals surface area contributed by atoms with Crippen LogP contribution in [-0.4, -0.2) is 8.41 Å². The third kappa shape index (κ3) is 19.0. The Hall–Kier alpha value is 3.21. The average Bonchev–Trinajstić information content (AvgIpc) is 0. The number of hydrogen-bond acceptors (Lipinski definition) is 0. The van der Waals surface area contributed by atoms with Crippen LogP contribution in [0.3, 0.4) is 0 Å². The number of rotatable bonds is 0. The van der Waals surface area contributed by atoms with Gasteiger partial charge in [0, 0.05) is 104 Å². The zero-order valence-corrected chi connectivity index (χ0v) is 8.09. The van der Waals surface area contributed by atoms with Gasteiger partial charge in [-0.1, -0.05) is 7.43 Å². The molecule has 0 fully saturated rings. The molecule has 0 saturated heterocycles. The molecule has 0 bridgehead atoms. The molecular formula is CH4BDyFeNd. The Kier molecular flexibility index (Phi) is 224. The summed E-state index contributed by atoms with van der Waals surface area (Å²) >= 11 is 0. The van der Waals surface area contributed by atoms with Gasteiger partial charge in [-0.2, -0.15) is 0 Å². The van der Waals surface area contributed by atoms with E-state index < -0.39 is 0 Å². The molecule has 0 spiro atoms. The third-order valence-corrected chi connectivity index (χ3v) is 0. The van der Waals surface area contributed by atoms with Crippen molar-refractivity contribution in [2.45, 2.75) is 7.43 Å². The van der Waals surface area contributed by atoms with Crippen LogP contribution in [0.25, 0.3) is 0 Å². The summed E-state index contributed by atoms with van der Waals surface area (Å²) in [5, 5.41) is 0. The maximum Gasteiger partial charge on any atom is 0 e. The van der Waals surface area contributed by atoms with Gasteiger partial charge in [-0.15, -0.1) is 0 Å². The van der Waals surface area contributed by atoms with Crippen LogP contribution in [-0.2, 0) is 17.1 Å². The van der Waals surface area contributed by atoms with E-state index >= 15 is 0 Å². The van der Waals surface area contributed by atoms with Gasteiger partial charge in [0.25, 0.3) is 0 Å². The zero-order valence-electron chi connectivity index (χ0n) is 1.75. The van der Waals surface area contributed by atoms with Crippen LogP contribution >= 0.6 is 0 Å². The molecule has 0 aromatic rings. The van der Waals surface area contributed by atoms with Gasteiger partial charge in [0.2, 0.25) is 0 Å². The second-order valence-electron chi connectivity index (χ2n) is 0. The smallest absolute Gasteiger partial charge is 0 e. The number of hydrogen-bond donors (Lipinski definition) is 0. The maximum atomic E-state index is 0. The summed E-state index contributed by atoms with van der Waals surface area (Å²) < 4.78 is 0. The molecule has 0 aliphatic rings. The van der Waals surface area contributed by atoms with E-state index in [1.165, 1.54) is 0 Å². The molecule has 0 aliphatic heterocycles. The first kappa shape index (κ1) is 41.4. The van der Waals surface area contributed by atoms with E-state index in [1.54, 1.807) is 0 Å². The Morgan fingerprint density at radius 2 is 1.00 bits per heavy atom. The van der Waals surface area contributed by atoms with E-state index in [9.17, 15) is 0 Å². The van der Waals surface area contributed by atoms with Crippen molar-refractivity contribution in [1.29, 1.82) is 0 Å². The summed E-state index contributed by atoms with van der Waals surface area (Å²) in [6.07, 6.45) is 0. The second-order valence-corrected chi connectivity index (χ2v) is 0. The Morgan fingerprint density at radius 3 is 1.00 bits per heavy atom. The molecule has 0 unspecified atom stereocenters. The third-order valence-electron chi connectivity index (χ3n) is 0. The maximum absolute atomic E-state index is 0. The molecule has 33 valence electrons. The molecule has 0 nitrogen and oxygen atoms in total. The molecule has 0 heterocycles. The van der Waals surface area contributed by atoms with Crippen LogP contribution in [0.4, 0.5) is 0 Å². The van der Waals surface area contributed by atoms with Crippen molar-refractivity contribution in [2.75, 3.05) is 0 Å². The largest absolute Gasteiger partial charge is 0.0776 e. The van der Waals surface area contributed by atoms with Crippen LogP contribution in [0.2, 0.25) is 0 Å². The first-order chi connectivity index (χ1) is 0.